The van der Waals surface area contributed by atoms with Crippen LogP contribution in [-0.4, -0.2) is 17.6 Å². The normalized spacial score (nSPS) is 32.0. The molecule has 0 amide bonds. The number of nitrogens with two attached hydrogens (primary N) is 1. The van der Waals surface area contributed by atoms with Crippen molar-refractivity contribution in [1.82, 2.24) is 0 Å². The third-order valence-corrected chi connectivity index (χ3v) is 4.82. The maximum atomic E-state index is 13.2. The van der Waals surface area contributed by atoms with Gasteiger partial charge in [0.1, 0.15) is 17.7 Å². The maximum absolute atomic E-state index is 13.2. The molecule has 0 spiro atoms. The zero-order valence-electron chi connectivity index (χ0n) is 9.56. The Morgan fingerprint density at radius 2 is 2.29 bits per heavy atom. The summed E-state index contributed by atoms with van der Waals surface area (Å²) in [6.07, 6.45) is 2.20. The monoisotopic (exact) mass is 253 g/mol. The highest BCUT2D eigenvalue weighted by molar-refractivity contribution is 7.99. The van der Waals surface area contributed by atoms with Gasteiger partial charge in [0.15, 0.2) is 0 Å². The molecule has 17 heavy (non-hydrogen) atoms. The quantitative estimate of drug-likeness (QED) is 0.836. The Morgan fingerprint density at radius 3 is 3.06 bits per heavy atom. The van der Waals surface area contributed by atoms with Gasteiger partial charge in [0.25, 0.3) is 0 Å². The first kappa shape index (κ1) is 11.4. The molecule has 1 fully saturated rings. The van der Waals surface area contributed by atoms with Crippen molar-refractivity contribution in [2.45, 2.75) is 25.0 Å². The molecule has 0 bridgehead atoms. The summed E-state index contributed by atoms with van der Waals surface area (Å²) in [7, 11) is 0. The van der Waals surface area contributed by atoms with E-state index in [0.29, 0.717) is 11.7 Å². The molecular weight excluding hydrogens is 237 g/mol. The highest BCUT2D eigenvalue weighted by Gasteiger charge is 2.33. The molecule has 2 heterocycles. The van der Waals surface area contributed by atoms with Gasteiger partial charge < -0.3 is 10.5 Å². The smallest absolute Gasteiger partial charge is 0.127 e. The highest BCUT2D eigenvalue weighted by Crippen LogP contribution is 2.39. The van der Waals surface area contributed by atoms with Crippen molar-refractivity contribution in [3.63, 3.8) is 0 Å². The molecule has 92 valence electrons. The van der Waals surface area contributed by atoms with Crippen LogP contribution < -0.4 is 10.5 Å². The Balaban J connectivity index is 1.85. The van der Waals surface area contributed by atoms with Gasteiger partial charge in [-0.15, -0.1) is 0 Å². The molecule has 4 heteroatoms. The lowest BCUT2D eigenvalue weighted by Gasteiger charge is -2.33. The van der Waals surface area contributed by atoms with Crippen LogP contribution in [0.1, 0.15) is 24.4 Å². The Hall–Kier alpha value is -0.740. The number of rotatable bonds is 1. The molecule has 0 aliphatic carbocycles. The molecule has 3 atom stereocenters. The Labute approximate surface area is 105 Å². The molecule has 3 rings (SSSR count). The Kier molecular flexibility index (Phi) is 3.01. The van der Waals surface area contributed by atoms with Crippen LogP contribution in [0.5, 0.6) is 5.75 Å². The van der Waals surface area contributed by atoms with Crippen LogP contribution in [0.25, 0.3) is 0 Å². The van der Waals surface area contributed by atoms with E-state index in [0.717, 1.165) is 17.7 Å². The number of thioether (sulfide) groups is 1. The summed E-state index contributed by atoms with van der Waals surface area (Å²) < 4.78 is 19.1. The number of hydrogen-bond donors (Lipinski definition) is 1. The number of benzene rings is 1. The van der Waals surface area contributed by atoms with Crippen molar-refractivity contribution in [2.24, 2.45) is 11.7 Å². The zero-order chi connectivity index (χ0) is 11.8. The van der Waals surface area contributed by atoms with E-state index in [2.05, 4.69) is 0 Å². The van der Waals surface area contributed by atoms with E-state index in [4.69, 9.17) is 10.5 Å². The molecule has 1 aromatic carbocycles. The van der Waals surface area contributed by atoms with Crippen molar-refractivity contribution < 1.29 is 9.13 Å². The molecule has 2 aliphatic heterocycles. The first-order valence-corrected chi connectivity index (χ1v) is 7.19. The van der Waals surface area contributed by atoms with Crippen LogP contribution in [0.3, 0.4) is 0 Å². The molecule has 2 N–H and O–H groups in total. The predicted octanol–water partition coefficient (Wildman–Crippen LogP) is 2.73. The van der Waals surface area contributed by atoms with Crippen LogP contribution in [-0.2, 0) is 0 Å². The van der Waals surface area contributed by atoms with E-state index in [1.807, 2.05) is 11.8 Å². The van der Waals surface area contributed by atoms with Gasteiger partial charge >= 0.3 is 0 Å². The highest BCUT2D eigenvalue weighted by atomic mass is 32.2. The molecule has 2 unspecified atom stereocenters. The second kappa shape index (κ2) is 4.50. The van der Waals surface area contributed by atoms with E-state index >= 15 is 0 Å². The molecule has 0 aromatic heterocycles. The fourth-order valence-corrected chi connectivity index (χ4v) is 3.96. The summed E-state index contributed by atoms with van der Waals surface area (Å²) in [5, 5.41) is 0. The third-order valence-electron chi connectivity index (χ3n) is 3.63. The Morgan fingerprint density at radius 1 is 1.41 bits per heavy atom. The van der Waals surface area contributed by atoms with E-state index in [9.17, 15) is 4.39 Å². The standard InChI is InChI=1S/C13H16FNOS/c14-9-1-2-10-11(15)6-12(16-13(10)5-9)8-3-4-17-7-8/h1-2,5,8,11-12H,3-4,6-7,15H2/t8?,11-,12?/m0/s1. The molecular formula is C13H16FNOS. The lowest BCUT2D eigenvalue weighted by Crippen LogP contribution is -2.35. The van der Waals surface area contributed by atoms with Gasteiger partial charge in [-0.2, -0.15) is 11.8 Å². The first-order valence-electron chi connectivity index (χ1n) is 6.03. The second-order valence-electron chi connectivity index (χ2n) is 4.80. The Bertz CT molecular complexity index is 420. The van der Waals surface area contributed by atoms with Gasteiger partial charge in [-0.1, -0.05) is 6.07 Å². The summed E-state index contributed by atoms with van der Waals surface area (Å²) in [6.45, 7) is 0. The number of fused-ring (bicyclic) bond motifs is 1. The minimum absolute atomic E-state index is 0.0186. The van der Waals surface area contributed by atoms with Crippen LogP contribution in [0.15, 0.2) is 18.2 Å². The van der Waals surface area contributed by atoms with Crippen molar-refractivity contribution in [1.29, 1.82) is 0 Å². The zero-order valence-corrected chi connectivity index (χ0v) is 10.4. The van der Waals surface area contributed by atoms with Crippen molar-refractivity contribution in [3.8, 4) is 5.75 Å². The van der Waals surface area contributed by atoms with E-state index in [-0.39, 0.29) is 18.0 Å². The number of halogens is 1. The minimum Gasteiger partial charge on any atom is -0.490 e. The van der Waals surface area contributed by atoms with Crippen molar-refractivity contribution >= 4 is 11.8 Å². The summed E-state index contributed by atoms with van der Waals surface area (Å²) >= 11 is 1.97. The molecule has 0 saturated carbocycles. The molecule has 0 radical (unpaired) electrons. The van der Waals surface area contributed by atoms with E-state index in [1.54, 1.807) is 6.07 Å². The molecule has 2 aliphatic rings. The summed E-state index contributed by atoms with van der Waals surface area (Å²) in [5.74, 6) is 3.31. The second-order valence-corrected chi connectivity index (χ2v) is 5.95. The summed E-state index contributed by atoms with van der Waals surface area (Å²) in [5.41, 5.74) is 7.08. The predicted molar refractivity (Wildman–Crippen MR) is 67.8 cm³/mol. The van der Waals surface area contributed by atoms with E-state index in [1.165, 1.54) is 24.3 Å². The van der Waals surface area contributed by atoms with Crippen LogP contribution in [0, 0.1) is 11.7 Å². The number of hydrogen-bond acceptors (Lipinski definition) is 3. The van der Waals surface area contributed by atoms with Crippen LogP contribution in [0.4, 0.5) is 4.39 Å². The van der Waals surface area contributed by atoms with Gasteiger partial charge in [0.2, 0.25) is 0 Å². The first-order chi connectivity index (χ1) is 8.24. The molecule has 1 aromatic rings. The number of ether oxygens (including phenoxy) is 1. The largest absolute Gasteiger partial charge is 0.490 e. The fraction of sp³-hybridized carbons (Fsp3) is 0.538. The van der Waals surface area contributed by atoms with Crippen molar-refractivity contribution in [3.05, 3.63) is 29.6 Å². The summed E-state index contributed by atoms with van der Waals surface area (Å²) in [6, 6.07) is 4.64. The maximum Gasteiger partial charge on any atom is 0.127 e. The minimum atomic E-state index is -0.252. The fourth-order valence-electron chi connectivity index (χ4n) is 2.64. The SMILES string of the molecule is N[C@H]1CC(C2CCSC2)Oc2cc(F)ccc21. The van der Waals surface area contributed by atoms with Gasteiger partial charge in [0.05, 0.1) is 0 Å². The van der Waals surface area contributed by atoms with Gasteiger partial charge in [0, 0.05) is 30.0 Å². The van der Waals surface area contributed by atoms with E-state index < -0.39 is 0 Å². The van der Waals surface area contributed by atoms with Gasteiger partial charge in [-0.05, 0) is 24.0 Å². The lowest BCUT2D eigenvalue weighted by molar-refractivity contribution is 0.109. The molecule has 1 saturated heterocycles. The third kappa shape index (κ3) is 2.16. The summed E-state index contributed by atoms with van der Waals surface area (Å²) in [4.78, 5) is 0. The van der Waals surface area contributed by atoms with Gasteiger partial charge in [-0.3, -0.25) is 0 Å². The molecule has 2 nitrogen and oxygen atoms in total. The van der Waals surface area contributed by atoms with Gasteiger partial charge in [-0.25, -0.2) is 4.39 Å². The average molecular weight is 253 g/mol. The topological polar surface area (TPSA) is 35.2 Å². The average Bonchev–Trinajstić information content (AvgIpc) is 2.81. The van der Waals surface area contributed by atoms with Crippen molar-refractivity contribution in [2.75, 3.05) is 11.5 Å². The lowest BCUT2D eigenvalue weighted by atomic mass is 9.90. The van der Waals surface area contributed by atoms with Crippen LogP contribution in [0.2, 0.25) is 0 Å². The van der Waals surface area contributed by atoms with Crippen LogP contribution >= 0.6 is 11.8 Å².